The highest BCUT2D eigenvalue weighted by atomic mass is 16.3. The number of nitrogens with zero attached hydrogens (tertiary/aromatic N) is 1. The van der Waals surface area contributed by atoms with Crippen LogP contribution in [0.4, 0.5) is 0 Å². The van der Waals surface area contributed by atoms with E-state index in [1.54, 1.807) is 0 Å². The first-order valence-corrected chi connectivity index (χ1v) is 7.32. The molecular formula is C16H26N2O. The van der Waals surface area contributed by atoms with E-state index >= 15 is 0 Å². The Morgan fingerprint density at radius 3 is 2.68 bits per heavy atom. The molecule has 1 heterocycles. The summed E-state index contributed by atoms with van der Waals surface area (Å²) in [5, 5.41) is 13.1. The molecule has 3 nitrogen and oxygen atoms in total. The van der Waals surface area contributed by atoms with Gasteiger partial charge < -0.3 is 10.4 Å². The molecule has 1 aliphatic heterocycles. The lowest BCUT2D eigenvalue weighted by Gasteiger charge is -2.39. The van der Waals surface area contributed by atoms with Gasteiger partial charge >= 0.3 is 0 Å². The van der Waals surface area contributed by atoms with E-state index in [4.69, 9.17) is 0 Å². The van der Waals surface area contributed by atoms with Gasteiger partial charge in [0.1, 0.15) is 0 Å². The number of piperidine rings is 1. The van der Waals surface area contributed by atoms with Crippen LogP contribution in [0.5, 0.6) is 0 Å². The van der Waals surface area contributed by atoms with Gasteiger partial charge in [-0.3, -0.25) is 4.90 Å². The smallest absolute Gasteiger partial charge is 0.0475 e. The van der Waals surface area contributed by atoms with Crippen molar-refractivity contribution in [2.45, 2.75) is 38.9 Å². The van der Waals surface area contributed by atoms with E-state index in [1.165, 1.54) is 5.56 Å². The fourth-order valence-corrected chi connectivity index (χ4v) is 2.89. The summed E-state index contributed by atoms with van der Waals surface area (Å²) in [4.78, 5) is 2.49. The summed E-state index contributed by atoms with van der Waals surface area (Å²) in [5.74, 6) is 0.398. The SMILES string of the molecule is CC(C)N[C@@H]1CN(Cc2ccccc2)CC[C@H]1CO. The average Bonchev–Trinajstić information content (AvgIpc) is 2.39. The molecular weight excluding hydrogens is 236 g/mol. The second kappa shape index (κ2) is 7.04. The van der Waals surface area contributed by atoms with Crippen LogP contribution in [0.2, 0.25) is 0 Å². The van der Waals surface area contributed by atoms with Crippen molar-refractivity contribution in [2.24, 2.45) is 5.92 Å². The zero-order chi connectivity index (χ0) is 13.7. The van der Waals surface area contributed by atoms with Crippen LogP contribution in [0.1, 0.15) is 25.8 Å². The van der Waals surface area contributed by atoms with E-state index in [1.807, 2.05) is 0 Å². The average molecular weight is 262 g/mol. The van der Waals surface area contributed by atoms with E-state index in [2.05, 4.69) is 54.4 Å². The van der Waals surface area contributed by atoms with Crippen LogP contribution < -0.4 is 5.32 Å². The largest absolute Gasteiger partial charge is 0.396 e. The Balaban J connectivity index is 1.93. The van der Waals surface area contributed by atoms with E-state index < -0.39 is 0 Å². The molecule has 0 radical (unpaired) electrons. The Morgan fingerprint density at radius 1 is 1.32 bits per heavy atom. The highest BCUT2D eigenvalue weighted by Crippen LogP contribution is 2.19. The van der Waals surface area contributed by atoms with Gasteiger partial charge in [-0.2, -0.15) is 0 Å². The second-order valence-electron chi connectivity index (χ2n) is 5.88. The number of nitrogens with one attached hydrogen (secondary N) is 1. The third-order valence-electron chi connectivity index (χ3n) is 3.87. The van der Waals surface area contributed by atoms with Crippen LogP contribution in [0.25, 0.3) is 0 Å². The van der Waals surface area contributed by atoms with Gasteiger partial charge in [-0.15, -0.1) is 0 Å². The van der Waals surface area contributed by atoms with Crippen LogP contribution >= 0.6 is 0 Å². The molecule has 0 unspecified atom stereocenters. The Morgan fingerprint density at radius 2 is 2.05 bits per heavy atom. The van der Waals surface area contributed by atoms with E-state index in [0.717, 1.165) is 26.1 Å². The molecule has 0 amide bonds. The highest BCUT2D eigenvalue weighted by molar-refractivity contribution is 5.14. The molecule has 0 aliphatic carbocycles. The predicted octanol–water partition coefficient (Wildman–Crippen LogP) is 1.87. The molecule has 2 rings (SSSR count). The molecule has 1 fully saturated rings. The normalized spacial score (nSPS) is 24.8. The van der Waals surface area contributed by atoms with Gasteiger partial charge in [0.25, 0.3) is 0 Å². The van der Waals surface area contributed by atoms with Crippen LogP contribution in [0, 0.1) is 5.92 Å². The van der Waals surface area contributed by atoms with Crippen molar-refractivity contribution in [3.8, 4) is 0 Å². The topological polar surface area (TPSA) is 35.5 Å². The fourth-order valence-electron chi connectivity index (χ4n) is 2.89. The van der Waals surface area contributed by atoms with Gasteiger partial charge in [-0.1, -0.05) is 44.2 Å². The number of likely N-dealkylation sites (tertiary alicyclic amines) is 1. The molecule has 2 atom stereocenters. The van der Waals surface area contributed by atoms with Crippen molar-refractivity contribution in [3.05, 3.63) is 35.9 Å². The van der Waals surface area contributed by atoms with Gasteiger partial charge in [-0.05, 0) is 24.4 Å². The molecule has 1 aromatic rings. The molecule has 0 bridgehead atoms. The van der Waals surface area contributed by atoms with Gasteiger partial charge in [-0.25, -0.2) is 0 Å². The van der Waals surface area contributed by atoms with Gasteiger partial charge in [0.05, 0.1) is 0 Å². The lowest BCUT2D eigenvalue weighted by Crippen LogP contribution is -2.53. The maximum atomic E-state index is 9.49. The first-order chi connectivity index (χ1) is 9.19. The zero-order valence-electron chi connectivity index (χ0n) is 12.0. The highest BCUT2D eigenvalue weighted by Gasteiger charge is 2.28. The standard InChI is InChI=1S/C16H26N2O/c1-13(2)17-16-11-18(9-8-15(16)12-19)10-14-6-4-3-5-7-14/h3-7,13,15-17,19H,8-12H2,1-2H3/t15-,16+/m0/s1. The fraction of sp³-hybridized carbons (Fsp3) is 0.625. The lowest BCUT2D eigenvalue weighted by atomic mass is 9.91. The first-order valence-electron chi connectivity index (χ1n) is 7.32. The number of rotatable bonds is 5. The van der Waals surface area contributed by atoms with Crippen molar-refractivity contribution in [1.29, 1.82) is 0 Å². The minimum absolute atomic E-state index is 0.295. The molecule has 3 heteroatoms. The lowest BCUT2D eigenvalue weighted by molar-refractivity contribution is 0.0877. The number of aliphatic hydroxyl groups is 1. The molecule has 1 saturated heterocycles. The number of hydrogen-bond donors (Lipinski definition) is 2. The van der Waals surface area contributed by atoms with Crippen LogP contribution in [-0.4, -0.2) is 41.8 Å². The zero-order valence-corrected chi connectivity index (χ0v) is 12.0. The summed E-state index contributed by atoms with van der Waals surface area (Å²) in [6, 6.07) is 11.5. The van der Waals surface area contributed by atoms with Crippen LogP contribution in [0.3, 0.4) is 0 Å². The molecule has 2 N–H and O–H groups in total. The Labute approximate surface area is 116 Å². The van der Waals surface area contributed by atoms with Crippen molar-refractivity contribution >= 4 is 0 Å². The summed E-state index contributed by atoms with van der Waals surface area (Å²) in [6.07, 6.45) is 1.08. The predicted molar refractivity (Wildman–Crippen MR) is 79.0 cm³/mol. The summed E-state index contributed by atoms with van der Waals surface area (Å²) in [7, 11) is 0. The Kier molecular flexibility index (Phi) is 5.37. The summed E-state index contributed by atoms with van der Waals surface area (Å²) < 4.78 is 0. The molecule has 1 aliphatic rings. The van der Waals surface area contributed by atoms with Crippen LogP contribution in [-0.2, 0) is 6.54 Å². The van der Waals surface area contributed by atoms with Crippen LogP contribution in [0.15, 0.2) is 30.3 Å². The quantitative estimate of drug-likeness (QED) is 0.850. The molecule has 1 aromatic carbocycles. The van der Waals surface area contributed by atoms with Gasteiger partial charge in [0.15, 0.2) is 0 Å². The molecule has 19 heavy (non-hydrogen) atoms. The van der Waals surface area contributed by atoms with Crippen molar-refractivity contribution in [2.75, 3.05) is 19.7 Å². The Bertz CT molecular complexity index is 366. The van der Waals surface area contributed by atoms with Crippen molar-refractivity contribution in [1.82, 2.24) is 10.2 Å². The van der Waals surface area contributed by atoms with E-state index in [-0.39, 0.29) is 0 Å². The molecule has 106 valence electrons. The maximum Gasteiger partial charge on any atom is 0.0475 e. The molecule has 0 aromatic heterocycles. The first kappa shape index (κ1) is 14.5. The van der Waals surface area contributed by atoms with E-state index in [9.17, 15) is 5.11 Å². The minimum atomic E-state index is 0.295. The number of hydrogen-bond acceptors (Lipinski definition) is 3. The van der Waals surface area contributed by atoms with Gasteiger partial charge in [0.2, 0.25) is 0 Å². The van der Waals surface area contributed by atoms with E-state index in [0.29, 0.717) is 24.6 Å². The molecule has 0 spiro atoms. The van der Waals surface area contributed by atoms with Crippen molar-refractivity contribution < 1.29 is 5.11 Å². The van der Waals surface area contributed by atoms with Gasteiger partial charge in [0, 0.05) is 31.8 Å². The monoisotopic (exact) mass is 262 g/mol. The summed E-state index contributed by atoms with van der Waals surface area (Å²) >= 11 is 0. The number of aliphatic hydroxyl groups excluding tert-OH is 1. The number of benzene rings is 1. The Hall–Kier alpha value is -0.900. The van der Waals surface area contributed by atoms with Crippen molar-refractivity contribution in [3.63, 3.8) is 0 Å². The third kappa shape index (κ3) is 4.30. The summed E-state index contributed by atoms with van der Waals surface area (Å²) in [5.41, 5.74) is 1.37. The molecule has 0 saturated carbocycles. The third-order valence-corrected chi connectivity index (χ3v) is 3.87. The second-order valence-corrected chi connectivity index (χ2v) is 5.88. The summed E-state index contributed by atoms with van der Waals surface area (Å²) in [6.45, 7) is 7.75. The minimum Gasteiger partial charge on any atom is -0.396 e. The maximum absolute atomic E-state index is 9.49.